The molecule has 0 radical (unpaired) electrons. The summed E-state index contributed by atoms with van der Waals surface area (Å²) < 4.78 is 5.33. The van der Waals surface area contributed by atoms with Gasteiger partial charge in [0.05, 0.1) is 18.5 Å². The minimum atomic E-state index is -0.419. The van der Waals surface area contributed by atoms with Crippen molar-refractivity contribution in [3.8, 4) is 0 Å². The standard InChI is InChI=1S/C28H47N5O4/c1-3-14-33(15-4-2)27(35)23-16-21-10-11-22(17-24(21)32-25(29)18-23)26(34)30-12-13-31-28(36)37-19-20-8-6-5-7-9-20/h16,20-22,24H,3-15,17-19H2,1-2H3,(H2,29,32)(H,30,34)(H,31,36). The number of hydrogen-bond acceptors (Lipinski definition) is 6. The van der Waals surface area contributed by atoms with E-state index in [9.17, 15) is 14.4 Å². The fraction of sp³-hybridized carbons (Fsp3) is 0.786. The van der Waals surface area contributed by atoms with Gasteiger partial charge in [0.1, 0.15) is 0 Å². The van der Waals surface area contributed by atoms with Gasteiger partial charge < -0.3 is 26.0 Å². The maximum atomic E-state index is 13.2. The van der Waals surface area contributed by atoms with E-state index < -0.39 is 6.09 Å². The SMILES string of the molecule is CCCN(CCC)C(=O)C1=CC2CCC(C(=O)NCCNC(=O)OCC3CCCCC3)CC2N=C(N)C1. The van der Waals surface area contributed by atoms with Crippen LogP contribution >= 0.6 is 0 Å². The van der Waals surface area contributed by atoms with Crippen molar-refractivity contribution in [3.63, 3.8) is 0 Å². The second-order valence-electron chi connectivity index (χ2n) is 10.8. The predicted octanol–water partition coefficient (Wildman–Crippen LogP) is 3.53. The number of hydrogen-bond donors (Lipinski definition) is 3. The van der Waals surface area contributed by atoms with Crippen LogP contribution in [0.2, 0.25) is 0 Å². The summed E-state index contributed by atoms with van der Waals surface area (Å²) in [7, 11) is 0. The molecule has 3 atom stereocenters. The number of alkyl carbamates (subject to hydrolysis) is 1. The van der Waals surface area contributed by atoms with Crippen molar-refractivity contribution in [2.75, 3.05) is 32.8 Å². The fourth-order valence-electron chi connectivity index (χ4n) is 5.82. The number of ether oxygens (including phenoxy) is 1. The lowest BCUT2D eigenvalue weighted by molar-refractivity contribution is -0.127. The number of carbonyl (C=O) groups excluding carboxylic acids is 3. The molecule has 3 unspecified atom stereocenters. The summed E-state index contributed by atoms with van der Waals surface area (Å²) in [5.41, 5.74) is 6.96. The Morgan fingerprint density at radius 3 is 2.43 bits per heavy atom. The monoisotopic (exact) mass is 517 g/mol. The molecule has 0 saturated heterocycles. The van der Waals surface area contributed by atoms with Crippen LogP contribution in [0.4, 0.5) is 4.79 Å². The normalized spacial score (nSPS) is 24.1. The van der Waals surface area contributed by atoms with Crippen molar-refractivity contribution >= 4 is 23.7 Å². The van der Waals surface area contributed by atoms with Crippen LogP contribution in [0.1, 0.15) is 84.5 Å². The van der Waals surface area contributed by atoms with Gasteiger partial charge in [0.25, 0.3) is 0 Å². The Bertz CT molecular complexity index is 830. The highest BCUT2D eigenvalue weighted by Crippen LogP contribution is 2.35. The first-order chi connectivity index (χ1) is 17.9. The van der Waals surface area contributed by atoms with Gasteiger partial charge >= 0.3 is 6.09 Å². The number of rotatable bonds is 11. The second kappa shape index (κ2) is 15.0. The maximum Gasteiger partial charge on any atom is 0.407 e. The average molecular weight is 518 g/mol. The molecule has 2 aliphatic carbocycles. The van der Waals surface area contributed by atoms with Crippen molar-refractivity contribution in [3.05, 3.63) is 11.6 Å². The Balaban J connectivity index is 1.43. The zero-order valence-electron chi connectivity index (χ0n) is 22.8. The Hall–Kier alpha value is -2.58. The molecule has 4 N–H and O–H groups in total. The van der Waals surface area contributed by atoms with E-state index in [2.05, 4.69) is 30.6 Å². The third kappa shape index (κ3) is 9.04. The molecule has 208 valence electrons. The van der Waals surface area contributed by atoms with E-state index in [4.69, 9.17) is 15.5 Å². The molecule has 1 heterocycles. The smallest absolute Gasteiger partial charge is 0.407 e. The van der Waals surface area contributed by atoms with Gasteiger partial charge in [-0.1, -0.05) is 39.2 Å². The molecule has 2 saturated carbocycles. The molecule has 37 heavy (non-hydrogen) atoms. The number of nitrogens with zero attached hydrogens (tertiary/aromatic N) is 2. The molecule has 0 aromatic rings. The highest BCUT2D eigenvalue weighted by atomic mass is 16.5. The van der Waals surface area contributed by atoms with Gasteiger partial charge in [-0.2, -0.15) is 0 Å². The van der Waals surface area contributed by atoms with E-state index in [1.54, 1.807) is 0 Å². The van der Waals surface area contributed by atoms with E-state index >= 15 is 0 Å². The van der Waals surface area contributed by atoms with E-state index in [1.807, 2.05) is 4.90 Å². The van der Waals surface area contributed by atoms with Crippen LogP contribution in [0.15, 0.2) is 16.6 Å². The maximum absolute atomic E-state index is 13.2. The molecule has 9 heteroatoms. The third-order valence-electron chi connectivity index (χ3n) is 7.78. The van der Waals surface area contributed by atoms with Crippen molar-refractivity contribution in [1.82, 2.24) is 15.5 Å². The van der Waals surface area contributed by atoms with Crippen LogP contribution < -0.4 is 16.4 Å². The summed E-state index contributed by atoms with van der Waals surface area (Å²) in [4.78, 5) is 44.6. The van der Waals surface area contributed by atoms with Crippen LogP contribution in [0.25, 0.3) is 0 Å². The summed E-state index contributed by atoms with van der Waals surface area (Å²) in [5.74, 6) is 0.953. The lowest BCUT2D eigenvalue weighted by atomic mass is 9.77. The first-order valence-corrected chi connectivity index (χ1v) is 14.4. The molecule has 0 aromatic heterocycles. The molecule has 3 amide bonds. The zero-order chi connectivity index (χ0) is 26.6. The molecule has 2 fully saturated rings. The number of carbonyl (C=O) groups is 3. The van der Waals surface area contributed by atoms with Crippen molar-refractivity contribution in [2.45, 2.75) is 90.5 Å². The number of nitrogens with one attached hydrogen (secondary N) is 2. The number of fused-ring (bicyclic) bond motifs is 1. The van der Waals surface area contributed by atoms with Crippen LogP contribution in [0.3, 0.4) is 0 Å². The molecular weight excluding hydrogens is 470 g/mol. The van der Waals surface area contributed by atoms with Crippen molar-refractivity contribution in [2.24, 2.45) is 28.5 Å². The Morgan fingerprint density at radius 1 is 1.03 bits per heavy atom. The lowest BCUT2D eigenvalue weighted by Crippen LogP contribution is -2.41. The highest BCUT2D eigenvalue weighted by Gasteiger charge is 2.35. The molecule has 0 aromatic carbocycles. The Morgan fingerprint density at radius 2 is 1.73 bits per heavy atom. The first-order valence-electron chi connectivity index (χ1n) is 14.4. The molecule has 0 spiro atoms. The zero-order valence-corrected chi connectivity index (χ0v) is 22.8. The molecule has 3 aliphatic rings. The number of aliphatic imine (C=N–C) groups is 1. The summed E-state index contributed by atoms with van der Waals surface area (Å²) in [6.07, 6.45) is 12.0. The molecular formula is C28H47N5O4. The van der Waals surface area contributed by atoms with E-state index in [0.717, 1.165) is 57.2 Å². The van der Waals surface area contributed by atoms with Gasteiger partial charge in [-0.25, -0.2) is 4.79 Å². The van der Waals surface area contributed by atoms with Gasteiger partial charge in [-0.3, -0.25) is 14.6 Å². The Kier molecular flexibility index (Phi) is 11.7. The summed E-state index contributed by atoms with van der Waals surface area (Å²) in [5, 5.41) is 5.66. The van der Waals surface area contributed by atoms with Crippen LogP contribution in [-0.4, -0.2) is 67.5 Å². The second-order valence-corrected chi connectivity index (χ2v) is 10.8. The minimum Gasteiger partial charge on any atom is -0.449 e. The largest absolute Gasteiger partial charge is 0.449 e. The molecule has 0 bridgehead atoms. The molecule has 9 nitrogen and oxygen atoms in total. The molecule has 3 rings (SSSR count). The lowest BCUT2D eigenvalue weighted by Gasteiger charge is -2.31. The van der Waals surface area contributed by atoms with E-state index in [0.29, 0.717) is 44.3 Å². The summed E-state index contributed by atoms with van der Waals surface area (Å²) in [6.45, 7) is 6.80. The van der Waals surface area contributed by atoms with E-state index in [-0.39, 0.29) is 29.7 Å². The van der Waals surface area contributed by atoms with Crippen LogP contribution in [0.5, 0.6) is 0 Å². The van der Waals surface area contributed by atoms with Crippen molar-refractivity contribution < 1.29 is 19.1 Å². The third-order valence-corrected chi connectivity index (χ3v) is 7.78. The van der Waals surface area contributed by atoms with E-state index in [1.165, 1.54) is 19.3 Å². The average Bonchev–Trinajstić information content (AvgIpc) is 3.07. The van der Waals surface area contributed by atoms with Crippen LogP contribution in [-0.2, 0) is 14.3 Å². The van der Waals surface area contributed by atoms with Gasteiger partial charge in [-0.15, -0.1) is 0 Å². The molecule has 1 aliphatic heterocycles. The fourth-order valence-corrected chi connectivity index (χ4v) is 5.82. The van der Waals surface area contributed by atoms with Gasteiger partial charge in [0.2, 0.25) is 11.8 Å². The Labute approximate surface area is 222 Å². The summed E-state index contributed by atoms with van der Waals surface area (Å²) >= 11 is 0. The first kappa shape index (κ1) is 29.0. The summed E-state index contributed by atoms with van der Waals surface area (Å²) in [6, 6.07) is -0.0894. The minimum absolute atomic E-state index is 0.0220. The number of amidine groups is 1. The predicted molar refractivity (Wildman–Crippen MR) is 145 cm³/mol. The van der Waals surface area contributed by atoms with Gasteiger partial charge in [-0.05, 0) is 50.9 Å². The van der Waals surface area contributed by atoms with Crippen LogP contribution in [0, 0.1) is 17.8 Å². The van der Waals surface area contributed by atoms with Gasteiger partial charge in [0, 0.05) is 50.0 Å². The topological polar surface area (TPSA) is 126 Å². The highest BCUT2D eigenvalue weighted by molar-refractivity contribution is 6.00. The van der Waals surface area contributed by atoms with Gasteiger partial charge in [0.15, 0.2) is 0 Å². The number of amides is 3. The number of nitrogens with two attached hydrogens (primary N) is 1. The van der Waals surface area contributed by atoms with Crippen molar-refractivity contribution in [1.29, 1.82) is 0 Å². The quantitative estimate of drug-likeness (QED) is 0.362.